The number of hydrogen-bond donors (Lipinski definition) is 1. The molecule has 0 saturated heterocycles. The first-order valence-electron chi connectivity index (χ1n) is 11.4. The highest BCUT2D eigenvalue weighted by atomic mass is 19.1. The van der Waals surface area contributed by atoms with E-state index in [1.165, 1.54) is 22.6 Å². The molecule has 0 aliphatic heterocycles. The van der Waals surface area contributed by atoms with E-state index in [9.17, 15) is 14.0 Å². The second-order valence-corrected chi connectivity index (χ2v) is 10.4. The molecule has 0 spiro atoms. The summed E-state index contributed by atoms with van der Waals surface area (Å²) in [5.74, 6) is -0.299. The zero-order chi connectivity index (χ0) is 24.8. The van der Waals surface area contributed by atoms with Crippen LogP contribution in [0, 0.1) is 5.82 Å². The lowest BCUT2D eigenvalue weighted by Crippen LogP contribution is -2.54. The molecule has 5 nitrogen and oxygen atoms in total. The third-order valence-electron chi connectivity index (χ3n) is 5.23. The Morgan fingerprint density at radius 2 is 1.55 bits per heavy atom. The van der Waals surface area contributed by atoms with Crippen LogP contribution in [0.25, 0.3) is 0 Å². The molecule has 2 rings (SSSR count). The van der Waals surface area contributed by atoms with Gasteiger partial charge in [-0.15, -0.1) is 0 Å². The Bertz CT molecular complexity index is 926. The summed E-state index contributed by atoms with van der Waals surface area (Å²) in [6.07, 6.45) is 0.440. The van der Waals surface area contributed by atoms with Gasteiger partial charge in [0, 0.05) is 12.1 Å². The van der Waals surface area contributed by atoms with E-state index in [4.69, 9.17) is 4.74 Å². The maximum absolute atomic E-state index is 13.4. The van der Waals surface area contributed by atoms with Crippen molar-refractivity contribution in [3.05, 3.63) is 65.5 Å². The molecule has 0 bridgehead atoms. The van der Waals surface area contributed by atoms with Gasteiger partial charge in [0.2, 0.25) is 5.91 Å². The summed E-state index contributed by atoms with van der Waals surface area (Å²) in [6, 6.07) is 12.9. The Morgan fingerprint density at radius 1 is 0.970 bits per heavy atom. The fraction of sp³-hybridized carbons (Fsp3) is 0.481. The number of hydrogen-bond acceptors (Lipinski definition) is 3. The number of benzene rings is 2. The van der Waals surface area contributed by atoms with Crippen molar-refractivity contribution in [2.24, 2.45) is 0 Å². The highest BCUT2D eigenvalue weighted by molar-refractivity contribution is 5.88. The van der Waals surface area contributed by atoms with E-state index in [2.05, 4.69) is 26.1 Å². The number of nitrogens with one attached hydrogen (secondary N) is 1. The van der Waals surface area contributed by atoms with Gasteiger partial charge in [0.05, 0.1) is 0 Å². The van der Waals surface area contributed by atoms with E-state index < -0.39 is 11.6 Å². The molecule has 2 aromatic carbocycles. The first-order valence-corrected chi connectivity index (χ1v) is 11.4. The maximum atomic E-state index is 13.4. The third-order valence-corrected chi connectivity index (χ3v) is 5.23. The number of ether oxygens (including phenoxy) is 1. The predicted octanol–water partition coefficient (Wildman–Crippen LogP) is 5.22. The monoisotopic (exact) mass is 456 g/mol. The molecule has 180 valence electrons. The van der Waals surface area contributed by atoms with Crippen LogP contribution in [0.2, 0.25) is 0 Å². The van der Waals surface area contributed by atoms with Crippen LogP contribution in [0.3, 0.4) is 0 Å². The van der Waals surface area contributed by atoms with Gasteiger partial charge in [-0.3, -0.25) is 9.59 Å². The van der Waals surface area contributed by atoms with Crippen LogP contribution >= 0.6 is 0 Å². The van der Waals surface area contributed by atoms with Crippen LogP contribution in [0.1, 0.15) is 66.0 Å². The molecule has 2 aromatic rings. The molecule has 33 heavy (non-hydrogen) atoms. The van der Waals surface area contributed by atoms with Crippen molar-refractivity contribution in [1.82, 2.24) is 10.2 Å². The molecule has 0 aliphatic carbocycles. The summed E-state index contributed by atoms with van der Waals surface area (Å²) in [5.41, 5.74) is 1.50. The standard InChI is InChI=1S/C27H37FN2O3/c1-8-23(25(32)29-27(5,6)7)30(17-19-9-13-21(28)14-10-19)24(31)18-33-22-15-11-20(12-16-22)26(2,3)4/h9-16,23H,8,17-18H2,1-7H3,(H,29,32). The Hall–Kier alpha value is -2.89. The van der Waals surface area contributed by atoms with Gasteiger partial charge in [0.1, 0.15) is 17.6 Å². The molecule has 1 N–H and O–H groups in total. The molecule has 0 saturated carbocycles. The fourth-order valence-corrected chi connectivity index (χ4v) is 3.44. The van der Waals surface area contributed by atoms with Crippen LogP contribution in [-0.2, 0) is 21.5 Å². The molecule has 0 aliphatic rings. The Labute approximate surface area is 197 Å². The molecule has 1 atom stereocenters. The Kier molecular flexibility index (Phi) is 8.64. The van der Waals surface area contributed by atoms with Gasteiger partial charge >= 0.3 is 0 Å². The fourth-order valence-electron chi connectivity index (χ4n) is 3.44. The lowest BCUT2D eigenvalue weighted by atomic mass is 9.87. The number of rotatable bonds is 8. The molecule has 0 fully saturated rings. The Morgan fingerprint density at radius 3 is 2.03 bits per heavy atom. The number of amides is 2. The highest BCUT2D eigenvalue weighted by Gasteiger charge is 2.31. The largest absolute Gasteiger partial charge is 0.484 e. The van der Waals surface area contributed by atoms with Crippen LogP contribution in [-0.4, -0.2) is 34.9 Å². The van der Waals surface area contributed by atoms with Crippen LogP contribution in [0.4, 0.5) is 4.39 Å². The van der Waals surface area contributed by atoms with Gasteiger partial charge in [-0.2, -0.15) is 0 Å². The second-order valence-electron chi connectivity index (χ2n) is 10.4. The summed E-state index contributed by atoms with van der Waals surface area (Å²) < 4.78 is 19.1. The van der Waals surface area contributed by atoms with Gasteiger partial charge in [-0.1, -0.05) is 52.0 Å². The normalized spacial score (nSPS) is 12.7. The van der Waals surface area contributed by atoms with E-state index in [1.807, 2.05) is 52.0 Å². The van der Waals surface area contributed by atoms with E-state index in [0.29, 0.717) is 12.2 Å². The maximum Gasteiger partial charge on any atom is 0.261 e. The number of halogens is 1. The molecule has 0 heterocycles. The summed E-state index contributed by atoms with van der Waals surface area (Å²) in [4.78, 5) is 27.7. The molecular weight excluding hydrogens is 419 g/mol. The van der Waals surface area contributed by atoms with E-state index >= 15 is 0 Å². The van der Waals surface area contributed by atoms with Crippen molar-refractivity contribution in [3.8, 4) is 5.75 Å². The van der Waals surface area contributed by atoms with Crippen LogP contribution in [0.15, 0.2) is 48.5 Å². The first-order chi connectivity index (χ1) is 15.3. The van der Waals surface area contributed by atoms with Gasteiger partial charge < -0.3 is 15.0 Å². The highest BCUT2D eigenvalue weighted by Crippen LogP contribution is 2.24. The van der Waals surface area contributed by atoms with Crippen molar-refractivity contribution in [1.29, 1.82) is 0 Å². The molecular formula is C27H37FN2O3. The Balaban J connectivity index is 2.20. The van der Waals surface area contributed by atoms with Crippen molar-refractivity contribution in [2.75, 3.05) is 6.61 Å². The number of carbonyl (C=O) groups excluding carboxylic acids is 2. The van der Waals surface area contributed by atoms with Crippen molar-refractivity contribution in [3.63, 3.8) is 0 Å². The average Bonchev–Trinajstić information content (AvgIpc) is 2.71. The number of carbonyl (C=O) groups is 2. The molecule has 0 aromatic heterocycles. The van der Waals surface area contributed by atoms with Crippen LogP contribution in [0.5, 0.6) is 5.75 Å². The van der Waals surface area contributed by atoms with Gasteiger partial charge in [0.15, 0.2) is 6.61 Å². The van der Waals surface area contributed by atoms with Crippen molar-refractivity contribution >= 4 is 11.8 Å². The summed E-state index contributed by atoms with van der Waals surface area (Å²) in [6.45, 7) is 13.9. The quantitative estimate of drug-likeness (QED) is 0.592. The first kappa shape index (κ1) is 26.4. The molecule has 0 radical (unpaired) electrons. The topological polar surface area (TPSA) is 58.6 Å². The third kappa shape index (κ3) is 8.19. The van der Waals surface area contributed by atoms with Crippen molar-refractivity contribution in [2.45, 2.75) is 78.4 Å². The molecule has 1 unspecified atom stereocenters. The SMILES string of the molecule is CCC(C(=O)NC(C)(C)C)N(Cc1ccc(F)cc1)C(=O)COc1ccc(C(C)(C)C)cc1. The lowest BCUT2D eigenvalue weighted by Gasteiger charge is -2.33. The van der Waals surface area contributed by atoms with Gasteiger partial charge in [0.25, 0.3) is 5.91 Å². The van der Waals surface area contributed by atoms with Crippen LogP contribution < -0.4 is 10.1 Å². The summed E-state index contributed by atoms with van der Waals surface area (Å²) in [5, 5.41) is 2.96. The van der Waals surface area contributed by atoms with E-state index in [-0.39, 0.29) is 36.2 Å². The van der Waals surface area contributed by atoms with E-state index in [0.717, 1.165) is 5.56 Å². The zero-order valence-corrected chi connectivity index (χ0v) is 20.9. The van der Waals surface area contributed by atoms with Gasteiger partial charge in [-0.25, -0.2) is 4.39 Å². The smallest absolute Gasteiger partial charge is 0.261 e. The summed E-state index contributed by atoms with van der Waals surface area (Å²) in [7, 11) is 0. The number of nitrogens with zero attached hydrogens (tertiary/aromatic N) is 1. The minimum absolute atomic E-state index is 0.0229. The lowest BCUT2D eigenvalue weighted by molar-refractivity contribution is -0.143. The van der Waals surface area contributed by atoms with Gasteiger partial charge in [-0.05, 0) is 68.0 Å². The molecule has 2 amide bonds. The van der Waals surface area contributed by atoms with Crippen molar-refractivity contribution < 1.29 is 18.7 Å². The molecule has 6 heteroatoms. The zero-order valence-electron chi connectivity index (χ0n) is 20.9. The second kappa shape index (κ2) is 10.8. The minimum atomic E-state index is -0.673. The minimum Gasteiger partial charge on any atom is -0.484 e. The average molecular weight is 457 g/mol. The predicted molar refractivity (Wildman–Crippen MR) is 130 cm³/mol. The van der Waals surface area contributed by atoms with E-state index in [1.54, 1.807) is 12.1 Å². The summed E-state index contributed by atoms with van der Waals surface area (Å²) >= 11 is 0.